The van der Waals surface area contributed by atoms with Crippen LogP contribution in [0.15, 0.2) is 34.5 Å². The monoisotopic (exact) mass is 367 g/mol. The molecule has 0 fully saturated rings. The van der Waals surface area contributed by atoms with E-state index in [1.165, 1.54) is 13.0 Å². The highest BCUT2D eigenvalue weighted by atomic mass is 19.4. The van der Waals surface area contributed by atoms with E-state index in [0.717, 1.165) is 31.5 Å². The third-order valence-corrected chi connectivity index (χ3v) is 3.35. The first-order chi connectivity index (χ1) is 12.2. The third kappa shape index (κ3) is 3.77. The number of nitrogens with one attached hydrogen (secondary N) is 1. The molecule has 1 heterocycles. The summed E-state index contributed by atoms with van der Waals surface area (Å²) in [6.45, 7) is 1.46. The quantitative estimate of drug-likeness (QED) is 0.487. The van der Waals surface area contributed by atoms with Crippen molar-refractivity contribution in [2.75, 3.05) is 12.4 Å². The number of anilines is 1. The normalized spacial score (nSPS) is 12.2. The highest BCUT2D eigenvalue weighted by Crippen LogP contribution is 2.37. The third-order valence-electron chi connectivity index (χ3n) is 3.35. The van der Waals surface area contributed by atoms with Gasteiger partial charge < -0.3 is 19.7 Å². The van der Waals surface area contributed by atoms with Gasteiger partial charge in [0.25, 0.3) is 5.91 Å². The fourth-order valence-corrected chi connectivity index (χ4v) is 2.07. The molecule has 0 aliphatic rings. The van der Waals surface area contributed by atoms with Gasteiger partial charge in [-0.15, -0.1) is 0 Å². The summed E-state index contributed by atoms with van der Waals surface area (Å²) in [6, 6.07) is 4.22. The van der Waals surface area contributed by atoms with Crippen molar-refractivity contribution in [3.8, 4) is 11.8 Å². The number of alkyl halides is 3. The molecule has 0 aliphatic carbocycles. The van der Waals surface area contributed by atoms with Crippen molar-refractivity contribution < 1.29 is 32.3 Å². The maximum atomic E-state index is 12.8. The van der Waals surface area contributed by atoms with Gasteiger partial charge in [0, 0.05) is 11.8 Å². The van der Waals surface area contributed by atoms with Crippen LogP contribution in [-0.2, 0) is 11.0 Å². The minimum absolute atomic E-state index is 0.0432. The maximum Gasteiger partial charge on any atom is 0.419 e. The summed E-state index contributed by atoms with van der Waals surface area (Å²) in [5.74, 6) is -2.01. The van der Waals surface area contributed by atoms with E-state index in [0.29, 0.717) is 0 Å². The molecule has 7 nitrogen and oxygen atoms in total. The molecule has 26 heavy (non-hydrogen) atoms. The molecule has 2 aromatic rings. The molecule has 2 rings (SSSR count). The molecule has 0 atom stereocenters. The molecular weight excluding hydrogens is 355 g/mol. The van der Waals surface area contributed by atoms with E-state index in [-0.39, 0.29) is 17.0 Å². The summed E-state index contributed by atoms with van der Waals surface area (Å²) in [7, 11) is 1.05. The Labute approximate surface area is 145 Å². The zero-order chi connectivity index (χ0) is 19.5. The number of nitrogens with zero attached hydrogens (tertiary/aromatic N) is 2. The van der Waals surface area contributed by atoms with E-state index in [9.17, 15) is 23.1 Å². The molecular formula is C16H12F3N3O4. The number of hydrogen-bond acceptors (Lipinski definition) is 6. The second kappa shape index (κ2) is 7.18. The fraction of sp³-hybridized carbons (Fsp3) is 0.188. The summed E-state index contributed by atoms with van der Waals surface area (Å²) >= 11 is 0. The lowest BCUT2D eigenvalue weighted by Crippen LogP contribution is -2.16. The van der Waals surface area contributed by atoms with Gasteiger partial charge >= 0.3 is 6.18 Å². The summed E-state index contributed by atoms with van der Waals surface area (Å²) in [5, 5.41) is 24.9. The minimum atomic E-state index is -4.63. The molecule has 10 heteroatoms. The van der Waals surface area contributed by atoms with Gasteiger partial charge in [-0.3, -0.25) is 4.79 Å². The number of aryl methyl sites for hydroxylation is 1. The number of methoxy groups -OCH3 is 1. The summed E-state index contributed by atoms with van der Waals surface area (Å²) in [5.41, 5.74) is -1.68. The van der Waals surface area contributed by atoms with Crippen LogP contribution in [0.25, 0.3) is 5.76 Å². The van der Waals surface area contributed by atoms with Gasteiger partial charge in [-0.1, -0.05) is 5.16 Å². The Morgan fingerprint density at radius 3 is 2.62 bits per heavy atom. The molecule has 0 saturated carbocycles. The van der Waals surface area contributed by atoms with Crippen LogP contribution in [0, 0.1) is 18.3 Å². The zero-order valence-electron chi connectivity index (χ0n) is 13.5. The van der Waals surface area contributed by atoms with E-state index in [1.807, 2.05) is 0 Å². The number of carbonyl (C=O) groups excluding carboxylic acids is 1. The smallest absolute Gasteiger partial charge is 0.419 e. The molecule has 0 unspecified atom stereocenters. The van der Waals surface area contributed by atoms with E-state index >= 15 is 0 Å². The lowest BCUT2D eigenvalue weighted by Gasteiger charge is -2.13. The number of aromatic nitrogens is 1. The second-order valence-electron chi connectivity index (χ2n) is 5.00. The van der Waals surface area contributed by atoms with Crippen molar-refractivity contribution >= 4 is 17.4 Å². The van der Waals surface area contributed by atoms with Crippen LogP contribution in [0.2, 0.25) is 0 Å². The predicted octanol–water partition coefficient (Wildman–Crippen LogP) is 3.44. The zero-order valence-corrected chi connectivity index (χ0v) is 13.5. The minimum Gasteiger partial charge on any atom is -0.506 e. The summed E-state index contributed by atoms with van der Waals surface area (Å²) < 4.78 is 48.0. The van der Waals surface area contributed by atoms with Crippen LogP contribution in [0.4, 0.5) is 18.9 Å². The Balaban J connectivity index is 2.34. The topological polar surface area (TPSA) is 108 Å². The number of rotatable bonds is 4. The lowest BCUT2D eigenvalue weighted by atomic mass is 10.1. The SMILES string of the molecule is COc1cc(NC(=O)/C(C#N)=C(\O)c2cnoc2C)ccc1C(F)(F)F. The number of amides is 1. The Bertz CT molecular complexity index is 910. The first kappa shape index (κ1) is 18.9. The first-order valence-electron chi connectivity index (χ1n) is 7.00. The number of ether oxygens (including phenoxy) is 1. The summed E-state index contributed by atoms with van der Waals surface area (Å²) in [6.07, 6.45) is -3.51. The molecule has 1 aromatic carbocycles. The van der Waals surface area contributed by atoms with Gasteiger partial charge in [-0.25, -0.2) is 0 Å². The van der Waals surface area contributed by atoms with Crippen molar-refractivity contribution in [1.82, 2.24) is 5.16 Å². The Kier molecular flexibility index (Phi) is 5.21. The van der Waals surface area contributed by atoms with Gasteiger partial charge in [0.1, 0.15) is 17.6 Å². The Morgan fingerprint density at radius 2 is 2.12 bits per heavy atom. The van der Waals surface area contributed by atoms with Crippen LogP contribution in [0.1, 0.15) is 16.9 Å². The van der Waals surface area contributed by atoms with Crippen LogP contribution >= 0.6 is 0 Å². The molecule has 1 amide bonds. The van der Waals surface area contributed by atoms with Crippen molar-refractivity contribution in [2.45, 2.75) is 13.1 Å². The number of carbonyl (C=O) groups is 1. The number of aliphatic hydroxyl groups excluding tert-OH is 1. The van der Waals surface area contributed by atoms with Gasteiger partial charge in [0.05, 0.1) is 24.4 Å². The highest BCUT2D eigenvalue weighted by Gasteiger charge is 2.34. The van der Waals surface area contributed by atoms with Crippen molar-refractivity contribution in [2.24, 2.45) is 0 Å². The number of halogens is 3. The van der Waals surface area contributed by atoms with Crippen molar-refractivity contribution in [3.63, 3.8) is 0 Å². The molecule has 136 valence electrons. The average molecular weight is 367 g/mol. The number of aliphatic hydroxyl groups is 1. The van der Waals surface area contributed by atoms with E-state index in [1.54, 1.807) is 0 Å². The molecule has 2 N–H and O–H groups in total. The maximum absolute atomic E-state index is 12.8. The van der Waals surface area contributed by atoms with Crippen molar-refractivity contribution in [1.29, 1.82) is 5.26 Å². The van der Waals surface area contributed by atoms with E-state index in [4.69, 9.17) is 9.78 Å². The Morgan fingerprint density at radius 1 is 1.42 bits per heavy atom. The van der Waals surface area contributed by atoms with Gasteiger partial charge in [0.15, 0.2) is 11.3 Å². The number of benzene rings is 1. The van der Waals surface area contributed by atoms with Crippen LogP contribution < -0.4 is 10.1 Å². The molecule has 0 aliphatic heterocycles. The van der Waals surface area contributed by atoms with Gasteiger partial charge in [-0.2, -0.15) is 18.4 Å². The Hall–Kier alpha value is -3.48. The first-order valence-corrected chi connectivity index (χ1v) is 7.00. The average Bonchev–Trinajstić information content (AvgIpc) is 3.00. The molecule has 0 saturated heterocycles. The van der Waals surface area contributed by atoms with Gasteiger partial charge in [0.2, 0.25) is 0 Å². The highest BCUT2D eigenvalue weighted by molar-refractivity contribution is 6.11. The van der Waals surface area contributed by atoms with E-state index < -0.39 is 34.7 Å². The predicted molar refractivity (Wildman–Crippen MR) is 83.0 cm³/mol. The molecule has 0 bridgehead atoms. The molecule has 0 spiro atoms. The standard InChI is InChI=1S/C16H12F3N3O4/c1-8-11(7-21-26-8)14(23)10(6-20)15(24)22-9-3-4-12(16(17,18)19)13(5-9)25-2/h3-5,7,23H,1-2H3,(H,22,24)/b14-10-. The fourth-order valence-electron chi connectivity index (χ4n) is 2.07. The molecule has 1 aromatic heterocycles. The van der Waals surface area contributed by atoms with E-state index in [2.05, 4.69) is 15.2 Å². The number of nitriles is 1. The molecule has 0 radical (unpaired) electrons. The lowest BCUT2D eigenvalue weighted by molar-refractivity contribution is -0.138. The van der Waals surface area contributed by atoms with Gasteiger partial charge in [-0.05, 0) is 19.1 Å². The largest absolute Gasteiger partial charge is 0.506 e. The number of hydrogen-bond donors (Lipinski definition) is 2. The van der Waals surface area contributed by atoms with Crippen molar-refractivity contribution in [3.05, 3.63) is 46.9 Å². The summed E-state index contributed by atoms with van der Waals surface area (Å²) in [4.78, 5) is 12.2. The van der Waals surface area contributed by atoms with Crippen LogP contribution in [0.5, 0.6) is 5.75 Å². The van der Waals surface area contributed by atoms with Crippen LogP contribution in [0.3, 0.4) is 0 Å². The van der Waals surface area contributed by atoms with Crippen LogP contribution in [-0.4, -0.2) is 23.3 Å². The second-order valence-corrected chi connectivity index (χ2v) is 5.00.